The van der Waals surface area contributed by atoms with E-state index in [0.717, 1.165) is 34.5 Å². The van der Waals surface area contributed by atoms with Crippen molar-refractivity contribution in [3.8, 4) is 0 Å². The highest BCUT2D eigenvalue weighted by Crippen LogP contribution is 2.21. The van der Waals surface area contributed by atoms with Gasteiger partial charge in [-0.3, -0.25) is 9.78 Å². The molecule has 1 aromatic carbocycles. The van der Waals surface area contributed by atoms with Crippen molar-refractivity contribution >= 4 is 33.2 Å². The minimum Gasteiger partial charge on any atom is -0.372 e. The van der Waals surface area contributed by atoms with E-state index in [9.17, 15) is 4.79 Å². The molecule has 2 rings (SSSR count). The quantitative estimate of drug-likeness (QED) is 0.865. The standard InChI is InChI=1S/C17H20BrN3O/c1-4-21(5-2)14-8-9-19-16(11-14)17(22)20-15-7-6-13(18)10-12(15)3/h6-11H,4-5H2,1-3H3,(H,20,22). The van der Waals surface area contributed by atoms with E-state index in [1.54, 1.807) is 6.20 Å². The highest BCUT2D eigenvalue weighted by atomic mass is 79.9. The Labute approximate surface area is 139 Å². The van der Waals surface area contributed by atoms with Gasteiger partial charge in [-0.25, -0.2) is 0 Å². The van der Waals surface area contributed by atoms with Crippen LogP contribution in [0.25, 0.3) is 0 Å². The highest BCUT2D eigenvalue weighted by Gasteiger charge is 2.11. The third kappa shape index (κ3) is 3.85. The van der Waals surface area contributed by atoms with Gasteiger partial charge in [0.15, 0.2) is 0 Å². The van der Waals surface area contributed by atoms with Crippen LogP contribution >= 0.6 is 15.9 Å². The lowest BCUT2D eigenvalue weighted by Crippen LogP contribution is -2.23. The van der Waals surface area contributed by atoms with Crippen molar-refractivity contribution in [3.63, 3.8) is 0 Å². The second-order valence-electron chi connectivity index (χ2n) is 4.98. The molecule has 1 heterocycles. The molecule has 116 valence electrons. The first-order valence-electron chi connectivity index (χ1n) is 7.33. The van der Waals surface area contributed by atoms with E-state index >= 15 is 0 Å². The number of halogens is 1. The van der Waals surface area contributed by atoms with Crippen molar-refractivity contribution in [1.82, 2.24) is 4.98 Å². The number of hydrogen-bond donors (Lipinski definition) is 1. The summed E-state index contributed by atoms with van der Waals surface area (Å²) in [6, 6.07) is 9.51. The van der Waals surface area contributed by atoms with Crippen molar-refractivity contribution < 1.29 is 4.79 Å². The molecule has 1 aromatic heterocycles. The number of hydrogen-bond acceptors (Lipinski definition) is 3. The number of pyridine rings is 1. The summed E-state index contributed by atoms with van der Waals surface area (Å²) < 4.78 is 0.990. The number of carbonyl (C=O) groups is 1. The zero-order chi connectivity index (χ0) is 16.1. The topological polar surface area (TPSA) is 45.2 Å². The third-order valence-corrected chi connectivity index (χ3v) is 4.03. The van der Waals surface area contributed by atoms with Gasteiger partial charge in [0, 0.05) is 35.1 Å². The van der Waals surface area contributed by atoms with Crippen LogP contribution in [0.2, 0.25) is 0 Å². The number of carbonyl (C=O) groups excluding carboxylic acids is 1. The predicted octanol–water partition coefficient (Wildman–Crippen LogP) is 4.25. The summed E-state index contributed by atoms with van der Waals surface area (Å²) in [6.45, 7) is 7.94. The Morgan fingerprint density at radius 1 is 1.23 bits per heavy atom. The van der Waals surface area contributed by atoms with E-state index in [-0.39, 0.29) is 5.91 Å². The smallest absolute Gasteiger partial charge is 0.274 e. The van der Waals surface area contributed by atoms with Crippen LogP contribution in [-0.2, 0) is 0 Å². The van der Waals surface area contributed by atoms with Gasteiger partial charge in [0.1, 0.15) is 5.69 Å². The van der Waals surface area contributed by atoms with E-state index in [0.29, 0.717) is 5.69 Å². The summed E-state index contributed by atoms with van der Waals surface area (Å²) >= 11 is 3.42. The molecule has 22 heavy (non-hydrogen) atoms. The van der Waals surface area contributed by atoms with E-state index in [2.05, 4.69) is 45.0 Å². The summed E-state index contributed by atoms with van der Waals surface area (Å²) in [5, 5.41) is 2.92. The molecule has 0 saturated carbocycles. The van der Waals surface area contributed by atoms with Crippen molar-refractivity contribution in [2.45, 2.75) is 20.8 Å². The van der Waals surface area contributed by atoms with Crippen LogP contribution in [0.15, 0.2) is 41.0 Å². The molecule has 0 aliphatic carbocycles. The number of amides is 1. The fourth-order valence-electron chi connectivity index (χ4n) is 2.28. The summed E-state index contributed by atoms with van der Waals surface area (Å²) in [6.07, 6.45) is 1.68. The van der Waals surface area contributed by atoms with Crippen molar-refractivity contribution in [2.75, 3.05) is 23.3 Å². The number of benzene rings is 1. The van der Waals surface area contributed by atoms with E-state index in [4.69, 9.17) is 0 Å². The molecule has 1 amide bonds. The van der Waals surface area contributed by atoms with E-state index in [1.165, 1.54) is 0 Å². The van der Waals surface area contributed by atoms with Crippen LogP contribution in [0.4, 0.5) is 11.4 Å². The molecular weight excluding hydrogens is 342 g/mol. The molecule has 0 radical (unpaired) electrons. The molecule has 5 heteroatoms. The lowest BCUT2D eigenvalue weighted by Gasteiger charge is -2.21. The fraction of sp³-hybridized carbons (Fsp3) is 0.294. The van der Waals surface area contributed by atoms with Gasteiger partial charge in [-0.05, 0) is 56.7 Å². The second-order valence-corrected chi connectivity index (χ2v) is 5.90. The Morgan fingerprint density at radius 3 is 2.59 bits per heavy atom. The molecule has 0 atom stereocenters. The zero-order valence-electron chi connectivity index (χ0n) is 13.1. The van der Waals surface area contributed by atoms with Crippen LogP contribution < -0.4 is 10.2 Å². The first-order valence-corrected chi connectivity index (χ1v) is 8.13. The molecule has 0 spiro atoms. The molecule has 0 saturated heterocycles. The highest BCUT2D eigenvalue weighted by molar-refractivity contribution is 9.10. The number of aryl methyl sites for hydroxylation is 1. The molecule has 2 aromatic rings. The minimum atomic E-state index is -0.195. The number of aromatic nitrogens is 1. The minimum absolute atomic E-state index is 0.195. The molecule has 0 aliphatic heterocycles. The van der Waals surface area contributed by atoms with Crippen LogP contribution in [0.1, 0.15) is 29.9 Å². The summed E-state index contributed by atoms with van der Waals surface area (Å²) in [4.78, 5) is 18.8. The largest absolute Gasteiger partial charge is 0.372 e. The van der Waals surface area contributed by atoms with Crippen molar-refractivity contribution in [1.29, 1.82) is 0 Å². The van der Waals surface area contributed by atoms with Gasteiger partial charge in [0.2, 0.25) is 0 Å². The van der Waals surface area contributed by atoms with Crippen molar-refractivity contribution in [3.05, 3.63) is 52.3 Å². The Bertz CT molecular complexity index is 669. The van der Waals surface area contributed by atoms with Gasteiger partial charge in [-0.15, -0.1) is 0 Å². The van der Waals surface area contributed by atoms with Gasteiger partial charge < -0.3 is 10.2 Å². The zero-order valence-corrected chi connectivity index (χ0v) is 14.6. The van der Waals surface area contributed by atoms with Crippen molar-refractivity contribution in [2.24, 2.45) is 0 Å². The molecular formula is C17H20BrN3O. The van der Waals surface area contributed by atoms with Crippen LogP contribution in [0, 0.1) is 6.92 Å². The number of rotatable bonds is 5. The van der Waals surface area contributed by atoms with Gasteiger partial charge in [0.25, 0.3) is 5.91 Å². The van der Waals surface area contributed by atoms with E-state index < -0.39 is 0 Å². The van der Waals surface area contributed by atoms with Gasteiger partial charge in [-0.2, -0.15) is 0 Å². The monoisotopic (exact) mass is 361 g/mol. The second kappa shape index (κ2) is 7.40. The number of anilines is 2. The van der Waals surface area contributed by atoms with Crippen LogP contribution in [0.3, 0.4) is 0 Å². The summed E-state index contributed by atoms with van der Waals surface area (Å²) in [5.74, 6) is -0.195. The molecule has 0 bridgehead atoms. The Kier molecular flexibility index (Phi) is 5.55. The SMILES string of the molecule is CCN(CC)c1ccnc(C(=O)Nc2ccc(Br)cc2C)c1. The molecule has 0 fully saturated rings. The van der Waals surface area contributed by atoms with Gasteiger partial charge >= 0.3 is 0 Å². The predicted molar refractivity (Wildman–Crippen MR) is 94.6 cm³/mol. The fourth-order valence-corrected chi connectivity index (χ4v) is 2.76. The molecule has 1 N–H and O–H groups in total. The lowest BCUT2D eigenvalue weighted by atomic mass is 10.2. The molecule has 0 aliphatic rings. The number of nitrogens with zero attached hydrogens (tertiary/aromatic N) is 2. The van der Waals surface area contributed by atoms with Gasteiger partial charge in [0.05, 0.1) is 0 Å². The number of nitrogens with one attached hydrogen (secondary N) is 1. The first-order chi connectivity index (χ1) is 10.5. The first kappa shape index (κ1) is 16.5. The van der Waals surface area contributed by atoms with Crippen LogP contribution in [-0.4, -0.2) is 24.0 Å². The molecule has 4 nitrogen and oxygen atoms in total. The maximum absolute atomic E-state index is 12.4. The average Bonchev–Trinajstić information content (AvgIpc) is 2.51. The normalized spacial score (nSPS) is 10.4. The third-order valence-electron chi connectivity index (χ3n) is 3.54. The average molecular weight is 362 g/mol. The summed E-state index contributed by atoms with van der Waals surface area (Å²) in [7, 11) is 0. The lowest BCUT2D eigenvalue weighted by molar-refractivity contribution is 0.102. The van der Waals surface area contributed by atoms with Gasteiger partial charge in [-0.1, -0.05) is 15.9 Å². The Hall–Kier alpha value is -1.88. The Balaban J connectivity index is 2.21. The maximum Gasteiger partial charge on any atom is 0.274 e. The van der Waals surface area contributed by atoms with Crippen LogP contribution in [0.5, 0.6) is 0 Å². The molecule has 0 unspecified atom stereocenters. The van der Waals surface area contributed by atoms with E-state index in [1.807, 2.05) is 37.3 Å². The Morgan fingerprint density at radius 2 is 1.95 bits per heavy atom. The maximum atomic E-state index is 12.4. The summed E-state index contributed by atoms with van der Waals surface area (Å²) in [5.41, 5.74) is 3.23.